The van der Waals surface area contributed by atoms with E-state index < -0.39 is 6.04 Å². The van der Waals surface area contributed by atoms with Gasteiger partial charge in [0.05, 0.1) is 0 Å². The van der Waals surface area contributed by atoms with Crippen molar-refractivity contribution in [3.63, 3.8) is 0 Å². The highest BCUT2D eigenvalue weighted by atomic mass is 32.2. The van der Waals surface area contributed by atoms with Gasteiger partial charge in [-0.25, -0.2) is 0 Å². The molecule has 0 aromatic rings. The summed E-state index contributed by atoms with van der Waals surface area (Å²) in [5.74, 6) is 2.11. The Labute approximate surface area is 118 Å². The average molecular weight is 285 g/mol. The number of nitrogens with zero attached hydrogens (tertiary/aromatic N) is 1. The summed E-state index contributed by atoms with van der Waals surface area (Å²) >= 11 is 1.87. The van der Waals surface area contributed by atoms with Gasteiger partial charge in [-0.1, -0.05) is 0 Å². The first kappa shape index (κ1) is 14.7. The van der Waals surface area contributed by atoms with Crippen LogP contribution in [-0.4, -0.2) is 59.9 Å². The van der Waals surface area contributed by atoms with Gasteiger partial charge in [0, 0.05) is 43.6 Å². The lowest BCUT2D eigenvalue weighted by Gasteiger charge is -2.24. The minimum absolute atomic E-state index is 0.0277. The van der Waals surface area contributed by atoms with Gasteiger partial charge in [-0.2, -0.15) is 11.8 Å². The zero-order chi connectivity index (χ0) is 13.7. The number of hydrogen-bond acceptors (Lipinski definition) is 4. The number of likely N-dealkylation sites (tertiary alicyclic amines) is 1. The highest BCUT2D eigenvalue weighted by Crippen LogP contribution is 2.11. The van der Waals surface area contributed by atoms with Crippen LogP contribution in [0.25, 0.3) is 0 Å². The number of nitrogens with one attached hydrogen (secondary N) is 2. The molecular weight excluding hydrogens is 262 g/mol. The summed E-state index contributed by atoms with van der Waals surface area (Å²) < 4.78 is 0. The number of amides is 2. The molecular formula is C13H23N3O2S. The number of hydrogen-bond donors (Lipinski definition) is 2. The van der Waals surface area contributed by atoms with Crippen LogP contribution in [0.2, 0.25) is 0 Å². The lowest BCUT2D eigenvalue weighted by atomic mass is 10.2. The number of rotatable bonds is 4. The molecule has 2 heterocycles. The Morgan fingerprint density at radius 1 is 1.42 bits per heavy atom. The second kappa shape index (κ2) is 7.14. The lowest BCUT2D eigenvalue weighted by Crippen LogP contribution is -2.48. The van der Waals surface area contributed by atoms with Crippen molar-refractivity contribution in [2.75, 3.05) is 31.1 Å². The topological polar surface area (TPSA) is 61.4 Å². The molecule has 0 spiro atoms. The molecule has 2 fully saturated rings. The Kier molecular flexibility index (Phi) is 5.51. The second-order valence-electron chi connectivity index (χ2n) is 5.25. The van der Waals surface area contributed by atoms with Gasteiger partial charge in [0.25, 0.3) is 0 Å². The summed E-state index contributed by atoms with van der Waals surface area (Å²) in [5.41, 5.74) is 0. The van der Waals surface area contributed by atoms with Gasteiger partial charge in [0.15, 0.2) is 0 Å². The van der Waals surface area contributed by atoms with E-state index in [0.29, 0.717) is 6.42 Å². The van der Waals surface area contributed by atoms with Gasteiger partial charge in [0.2, 0.25) is 11.8 Å². The van der Waals surface area contributed by atoms with Crippen LogP contribution in [0.5, 0.6) is 0 Å². The van der Waals surface area contributed by atoms with Crippen LogP contribution in [0.3, 0.4) is 0 Å². The van der Waals surface area contributed by atoms with Gasteiger partial charge in [-0.05, 0) is 19.8 Å². The van der Waals surface area contributed by atoms with Crippen molar-refractivity contribution in [2.45, 2.75) is 38.3 Å². The van der Waals surface area contributed by atoms with Crippen LogP contribution >= 0.6 is 11.8 Å². The van der Waals surface area contributed by atoms with Crippen molar-refractivity contribution < 1.29 is 9.59 Å². The molecule has 2 atom stereocenters. The maximum absolute atomic E-state index is 12.1. The minimum atomic E-state index is -0.401. The predicted molar refractivity (Wildman–Crippen MR) is 77.2 cm³/mol. The van der Waals surface area contributed by atoms with E-state index in [9.17, 15) is 9.59 Å². The highest BCUT2D eigenvalue weighted by molar-refractivity contribution is 7.99. The quantitative estimate of drug-likeness (QED) is 0.775. The highest BCUT2D eigenvalue weighted by Gasteiger charge is 2.25. The number of carbonyl (C=O) groups is 2. The third kappa shape index (κ3) is 4.38. The van der Waals surface area contributed by atoms with Crippen molar-refractivity contribution in [3.05, 3.63) is 0 Å². The van der Waals surface area contributed by atoms with E-state index in [4.69, 9.17) is 0 Å². The summed E-state index contributed by atoms with van der Waals surface area (Å²) in [4.78, 5) is 25.8. The van der Waals surface area contributed by atoms with Gasteiger partial charge in [-0.3, -0.25) is 9.59 Å². The molecule has 108 valence electrons. The molecule has 2 amide bonds. The zero-order valence-corrected chi connectivity index (χ0v) is 12.3. The molecule has 0 aliphatic carbocycles. The van der Waals surface area contributed by atoms with Crippen LogP contribution in [0, 0.1) is 0 Å². The third-order valence-electron chi connectivity index (χ3n) is 3.60. The number of thioether (sulfide) groups is 1. The fourth-order valence-electron chi connectivity index (χ4n) is 2.55. The maximum Gasteiger partial charge on any atom is 0.244 e. The summed E-state index contributed by atoms with van der Waals surface area (Å²) in [5, 5.41) is 6.15. The largest absolute Gasteiger partial charge is 0.345 e. The molecule has 0 aromatic heterocycles. The summed E-state index contributed by atoms with van der Waals surface area (Å²) in [6, 6.07) is -0.158. The van der Waals surface area contributed by atoms with E-state index in [0.717, 1.165) is 44.0 Å². The van der Waals surface area contributed by atoms with E-state index in [2.05, 4.69) is 10.6 Å². The van der Waals surface area contributed by atoms with Gasteiger partial charge < -0.3 is 15.5 Å². The Balaban J connectivity index is 1.72. The molecule has 2 aliphatic heterocycles. The molecule has 5 nitrogen and oxygen atoms in total. The molecule has 6 heteroatoms. The first-order valence-electron chi connectivity index (χ1n) is 7.06. The zero-order valence-electron chi connectivity index (χ0n) is 11.5. The molecule has 0 radical (unpaired) electrons. The first-order chi connectivity index (χ1) is 9.16. The van der Waals surface area contributed by atoms with Gasteiger partial charge in [-0.15, -0.1) is 0 Å². The SMILES string of the molecule is CC(NC(=O)CC1CSCCN1)C(=O)N1CCCC1. The molecule has 2 N–H and O–H groups in total. The number of carbonyl (C=O) groups excluding carboxylic acids is 2. The third-order valence-corrected chi connectivity index (χ3v) is 4.73. The van der Waals surface area contributed by atoms with Crippen LogP contribution in [0.15, 0.2) is 0 Å². The maximum atomic E-state index is 12.1. The van der Waals surface area contributed by atoms with Gasteiger partial charge in [0.1, 0.15) is 6.04 Å². The normalized spacial score (nSPS) is 25.1. The Morgan fingerprint density at radius 2 is 2.16 bits per heavy atom. The first-order valence-corrected chi connectivity index (χ1v) is 8.21. The fourth-order valence-corrected chi connectivity index (χ4v) is 3.50. The van der Waals surface area contributed by atoms with E-state index >= 15 is 0 Å². The van der Waals surface area contributed by atoms with Gasteiger partial charge >= 0.3 is 0 Å². The molecule has 2 unspecified atom stereocenters. The Morgan fingerprint density at radius 3 is 2.79 bits per heavy atom. The molecule has 2 saturated heterocycles. The average Bonchev–Trinajstić information content (AvgIpc) is 2.92. The molecule has 0 bridgehead atoms. The molecule has 19 heavy (non-hydrogen) atoms. The lowest BCUT2D eigenvalue weighted by molar-refractivity contribution is -0.135. The van der Waals surface area contributed by atoms with Crippen LogP contribution < -0.4 is 10.6 Å². The second-order valence-corrected chi connectivity index (χ2v) is 6.40. The van der Waals surface area contributed by atoms with E-state index in [1.54, 1.807) is 6.92 Å². The fraction of sp³-hybridized carbons (Fsp3) is 0.846. The summed E-state index contributed by atoms with van der Waals surface area (Å²) in [6.45, 7) is 4.41. The summed E-state index contributed by atoms with van der Waals surface area (Å²) in [7, 11) is 0. The predicted octanol–water partition coefficient (Wildman–Crippen LogP) is 0.209. The molecule has 2 rings (SSSR count). The van der Waals surface area contributed by atoms with Crippen molar-refractivity contribution in [3.8, 4) is 0 Å². The van der Waals surface area contributed by atoms with Crippen molar-refractivity contribution in [1.29, 1.82) is 0 Å². The smallest absolute Gasteiger partial charge is 0.244 e. The van der Waals surface area contributed by atoms with Crippen molar-refractivity contribution in [1.82, 2.24) is 15.5 Å². The van der Waals surface area contributed by atoms with Crippen LogP contribution in [-0.2, 0) is 9.59 Å². The van der Waals surface area contributed by atoms with E-state index in [-0.39, 0.29) is 17.9 Å². The molecule has 2 aliphatic rings. The monoisotopic (exact) mass is 285 g/mol. The Hall–Kier alpha value is -0.750. The molecule has 0 aromatic carbocycles. The minimum Gasteiger partial charge on any atom is -0.345 e. The standard InChI is InChI=1S/C13H23N3O2S/c1-10(13(18)16-5-2-3-6-16)15-12(17)8-11-9-19-7-4-14-11/h10-11,14H,2-9H2,1H3,(H,15,17). The Bertz CT molecular complexity index is 326. The van der Waals surface area contributed by atoms with Crippen LogP contribution in [0.1, 0.15) is 26.2 Å². The van der Waals surface area contributed by atoms with Crippen molar-refractivity contribution in [2.24, 2.45) is 0 Å². The summed E-state index contributed by atoms with van der Waals surface area (Å²) in [6.07, 6.45) is 2.62. The van der Waals surface area contributed by atoms with E-state index in [1.807, 2.05) is 16.7 Å². The molecule has 0 saturated carbocycles. The van der Waals surface area contributed by atoms with Crippen molar-refractivity contribution >= 4 is 23.6 Å². The van der Waals surface area contributed by atoms with E-state index in [1.165, 1.54) is 0 Å². The van der Waals surface area contributed by atoms with Crippen LogP contribution in [0.4, 0.5) is 0 Å².